The Kier molecular flexibility index (Phi) is 7.99. The largest absolute Gasteiger partial charge is 0.381 e. The molecule has 0 aromatic heterocycles. The number of rotatable bonds is 4. The second kappa shape index (κ2) is 9.54. The highest BCUT2D eigenvalue weighted by atomic mass is 35.5. The zero-order valence-electron chi connectivity index (χ0n) is 15.6. The van der Waals surface area contributed by atoms with Crippen LogP contribution in [0, 0.1) is 11.3 Å². The minimum atomic E-state index is -0.383. The fourth-order valence-corrected chi connectivity index (χ4v) is 4.44. The number of halogens is 1. The van der Waals surface area contributed by atoms with Crippen LogP contribution in [-0.2, 0) is 14.3 Å². The number of piperidine rings is 1. The van der Waals surface area contributed by atoms with Crippen molar-refractivity contribution in [1.29, 1.82) is 0 Å². The van der Waals surface area contributed by atoms with Gasteiger partial charge in [0.2, 0.25) is 5.91 Å². The third kappa shape index (κ3) is 5.09. The molecular formula is C19H35ClN2O3. The van der Waals surface area contributed by atoms with Crippen LogP contribution in [0.1, 0.15) is 58.3 Å². The van der Waals surface area contributed by atoms with E-state index < -0.39 is 0 Å². The van der Waals surface area contributed by atoms with Crippen LogP contribution in [-0.4, -0.2) is 55.9 Å². The maximum atomic E-state index is 13.0. The van der Waals surface area contributed by atoms with Gasteiger partial charge < -0.3 is 20.1 Å². The summed E-state index contributed by atoms with van der Waals surface area (Å²) in [6.45, 7) is 5.71. The number of hydrogen-bond donors (Lipinski definition) is 1. The molecule has 2 aliphatic heterocycles. The van der Waals surface area contributed by atoms with Crippen LogP contribution in [0.5, 0.6) is 0 Å². The Balaban J connectivity index is 0.00000225. The number of nitrogens with zero attached hydrogens (tertiary/aromatic N) is 1. The minimum absolute atomic E-state index is 0. The van der Waals surface area contributed by atoms with E-state index in [-0.39, 0.29) is 23.7 Å². The molecule has 1 saturated carbocycles. The van der Waals surface area contributed by atoms with Crippen molar-refractivity contribution in [3.05, 3.63) is 0 Å². The first kappa shape index (κ1) is 20.9. The van der Waals surface area contributed by atoms with Crippen LogP contribution >= 0.6 is 12.4 Å². The van der Waals surface area contributed by atoms with Crippen molar-refractivity contribution in [3.63, 3.8) is 0 Å². The SMILES string of the molecule is CC1CCC(OC2CCN(C(=O)C3(CN)CCOCC3)CC2)CC1.Cl. The lowest BCUT2D eigenvalue weighted by Crippen LogP contribution is -2.53. The van der Waals surface area contributed by atoms with Crippen LogP contribution in [0.15, 0.2) is 0 Å². The van der Waals surface area contributed by atoms with Gasteiger partial charge in [0.1, 0.15) is 0 Å². The van der Waals surface area contributed by atoms with Crippen molar-refractivity contribution in [2.24, 2.45) is 17.1 Å². The van der Waals surface area contributed by atoms with Gasteiger partial charge in [0, 0.05) is 32.8 Å². The molecule has 146 valence electrons. The topological polar surface area (TPSA) is 64.8 Å². The fourth-order valence-electron chi connectivity index (χ4n) is 4.44. The Morgan fingerprint density at radius 3 is 2.20 bits per heavy atom. The molecule has 0 unspecified atom stereocenters. The zero-order chi connectivity index (χ0) is 17.0. The summed E-state index contributed by atoms with van der Waals surface area (Å²) in [4.78, 5) is 15.0. The molecule has 5 nitrogen and oxygen atoms in total. The normalized spacial score (nSPS) is 30.6. The Bertz CT molecular complexity index is 413. The molecule has 0 bridgehead atoms. The smallest absolute Gasteiger partial charge is 0.230 e. The first-order valence-electron chi connectivity index (χ1n) is 9.85. The highest BCUT2D eigenvalue weighted by Crippen LogP contribution is 2.33. The number of nitrogens with two attached hydrogens (primary N) is 1. The summed E-state index contributed by atoms with van der Waals surface area (Å²) in [5.74, 6) is 1.11. The molecule has 3 rings (SSSR count). The van der Waals surface area contributed by atoms with Gasteiger partial charge in [0.15, 0.2) is 0 Å². The molecule has 3 aliphatic rings. The Labute approximate surface area is 158 Å². The van der Waals surface area contributed by atoms with E-state index in [1.54, 1.807) is 0 Å². The van der Waals surface area contributed by atoms with E-state index in [4.69, 9.17) is 15.2 Å². The van der Waals surface area contributed by atoms with Crippen molar-refractivity contribution < 1.29 is 14.3 Å². The Morgan fingerprint density at radius 1 is 1.08 bits per heavy atom. The van der Waals surface area contributed by atoms with Gasteiger partial charge in [-0.1, -0.05) is 6.92 Å². The number of likely N-dealkylation sites (tertiary alicyclic amines) is 1. The summed E-state index contributed by atoms with van der Waals surface area (Å²) >= 11 is 0. The van der Waals surface area contributed by atoms with Gasteiger partial charge in [0.05, 0.1) is 17.6 Å². The Morgan fingerprint density at radius 2 is 1.64 bits per heavy atom. The number of amides is 1. The molecule has 2 heterocycles. The summed E-state index contributed by atoms with van der Waals surface area (Å²) in [5, 5.41) is 0. The number of ether oxygens (including phenoxy) is 2. The van der Waals surface area contributed by atoms with Crippen molar-refractivity contribution in [1.82, 2.24) is 4.90 Å². The lowest BCUT2D eigenvalue weighted by Gasteiger charge is -2.42. The molecule has 2 N–H and O–H groups in total. The van der Waals surface area contributed by atoms with E-state index in [1.807, 2.05) is 4.90 Å². The molecule has 0 spiro atoms. The minimum Gasteiger partial charge on any atom is -0.381 e. The molecule has 0 radical (unpaired) electrons. The maximum Gasteiger partial charge on any atom is 0.230 e. The van der Waals surface area contributed by atoms with Crippen LogP contribution < -0.4 is 5.73 Å². The van der Waals surface area contributed by atoms with Gasteiger partial charge in [0.25, 0.3) is 0 Å². The Hall–Kier alpha value is -0.360. The van der Waals surface area contributed by atoms with Gasteiger partial charge in [-0.25, -0.2) is 0 Å². The van der Waals surface area contributed by atoms with Crippen LogP contribution in [0.3, 0.4) is 0 Å². The fraction of sp³-hybridized carbons (Fsp3) is 0.947. The average molecular weight is 375 g/mol. The average Bonchev–Trinajstić information content (AvgIpc) is 2.64. The molecule has 1 amide bonds. The molecule has 0 atom stereocenters. The van der Waals surface area contributed by atoms with E-state index in [1.165, 1.54) is 25.7 Å². The first-order chi connectivity index (χ1) is 11.6. The summed E-state index contributed by atoms with van der Waals surface area (Å²) in [6.07, 6.45) is 9.23. The number of carbonyl (C=O) groups excluding carboxylic acids is 1. The second-order valence-electron chi connectivity index (χ2n) is 8.11. The molecule has 0 aromatic rings. The van der Waals surface area contributed by atoms with Crippen molar-refractivity contribution in [2.45, 2.75) is 70.5 Å². The molecule has 25 heavy (non-hydrogen) atoms. The second-order valence-corrected chi connectivity index (χ2v) is 8.11. The summed E-state index contributed by atoms with van der Waals surface area (Å²) in [6, 6.07) is 0. The summed E-state index contributed by atoms with van der Waals surface area (Å²) in [7, 11) is 0. The lowest BCUT2D eigenvalue weighted by molar-refractivity contribution is -0.150. The van der Waals surface area contributed by atoms with Crippen molar-refractivity contribution in [3.8, 4) is 0 Å². The van der Waals surface area contributed by atoms with Gasteiger partial charge >= 0.3 is 0 Å². The van der Waals surface area contributed by atoms with E-state index in [2.05, 4.69) is 6.92 Å². The molecular weight excluding hydrogens is 340 g/mol. The predicted molar refractivity (Wildman–Crippen MR) is 101 cm³/mol. The quantitative estimate of drug-likeness (QED) is 0.821. The van der Waals surface area contributed by atoms with Gasteiger partial charge in [-0.05, 0) is 57.3 Å². The van der Waals surface area contributed by atoms with E-state index in [0.29, 0.717) is 32.0 Å². The molecule has 0 aromatic carbocycles. The maximum absolute atomic E-state index is 13.0. The first-order valence-corrected chi connectivity index (χ1v) is 9.85. The van der Waals surface area contributed by atoms with Crippen LogP contribution in [0.25, 0.3) is 0 Å². The molecule has 6 heteroatoms. The van der Waals surface area contributed by atoms with Gasteiger partial charge in [-0.15, -0.1) is 12.4 Å². The van der Waals surface area contributed by atoms with E-state index in [0.717, 1.165) is 44.7 Å². The van der Waals surface area contributed by atoms with Gasteiger partial charge in [-0.3, -0.25) is 4.79 Å². The van der Waals surface area contributed by atoms with E-state index in [9.17, 15) is 4.79 Å². The summed E-state index contributed by atoms with van der Waals surface area (Å²) in [5.41, 5.74) is 5.60. The highest BCUT2D eigenvalue weighted by Gasteiger charge is 2.42. The number of carbonyl (C=O) groups is 1. The van der Waals surface area contributed by atoms with Crippen LogP contribution in [0.2, 0.25) is 0 Å². The lowest BCUT2D eigenvalue weighted by atomic mass is 9.78. The predicted octanol–water partition coefficient (Wildman–Crippen LogP) is 2.75. The molecule has 1 aliphatic carbocycles. The number of hydrogen-bond acceptors (Lipinski definition) is 4. The van der Waals surface area contributed by atoms with Gasteiger partial charge in [-0.2, -0.15) is 0 Å². The van der Waals surface area contributed by atoms with Crippen molar-refractivity contribution >= 4 is 18.3 Å². The molecule has 2 saturated heterocycles. The molecule has 3 fully saturated rings. The highest BCUT2D eigenvalue weighted by molar-refractivity contribution is 5.85. The standard InChI is InChI=1S/C19H34N2O3.ClH/c1-15-2-4-16(5-3-15)24-17-6-10-21(11-7-17)18(22)19(14-20)8-12-23-13-9-19;/h15-17H,2-14,20H2,1H3;1H. The van der Waals surface area contributed by atoms with Crippen LogP contribution in [0.4, 0.5) is 0 Å². The third-order valence-electron chi connectivity index (χ3n) is 6.37. The summed E-state index contributed by atoms with van der Waals surface area (Å²) < 4.78 is 11.7. The zero-order valence-corrected chi connectivity index (χ0v) is 16.4. The van der Waals surface area contributed by atoms with E-state index >= 15 is 0 Å². The third-order valence-corrected chi connectivity index (χ3v) is 6.37. The van der Waals surface area contributed by atoms with Crippen molar-refractivity contribution in [2.75, 3.05) is 32.8 Å². The monoisotopic (exact) mass is 374 g/mol.